The maximum absolute atomic E-state index is 14.4. The fourth-order valence-corrected chi connectivity index (χ4v) is 4.44. The van der Waals surface area contributed by atoms with Crippen LogP contribution in [0.1, 0.15) is 12.5 Å². The molecule has 1 aromatic carbocycles. The van der Waals surface area contributed by atoms with Crippen molar-refractivity contribution in [3.05, 3.63) is 35.9 Å². The van der Waals surface area contributed by atoms with Crippen LogP contribution in [-0.4, -0.2) is 47.4 Å². The minimum atomic E-state index is -6.93. The molecule has 0 fully saturated rings. The zero-order valence-electron chi connectivity index (χ0n) is 15.0. The second-order valence-electron chi connectivity index (χ2n) is 6.08. The fourth-order valence-electron chi connectivity index (χ4n) is 2.64. The van der Waals surface area contributed by atoms with Crippen LogP contribution in [0.4, 0.5) is 39.5 Å². The molecule has 0 heterocycles. The van der Waals surface area contributed by atoms with Gasteiger partial charge in [0.05, 0.1) is 0 Å². The van der Waals surface area contributed by atoms with Crippen molar-refractivity contribution in [2.45, 2.75) is 42.8 Å². The van der Waals surface area contributed by atoms with E-state index >= 15 is 0 Å². The topological polar surface area (TPSA) is 18.5 Å². The molecule has 0 saturated carbocycles. The Labute approximate surface area is 157 Å². The van der Waals surface area contributed by atoms with E-state index < -0.39 is 44.7 Å². The Kier molecular flexibility index (Phi) is 7.62. The highest BCUT2D eigenvalue weighted by atomic mass is 28.3. The Morgan fingerprint density at radius 3 is 1.68 bits per heavy atom. The summed E-state index contributed by atoms with van der Waals surface area (Å²) in [6, 6.07) is 7.56. The van der Waals surface area contributed by atoms with Crippen molar-refractivity contribution in [3.63, 3.8) is 0 Å². The van der Waals surface area contributed by atoms with Crippen LogP contribution in [-0.2, 0) is 15.3 Å². The minimum absolute atomic E-state index is 0.346. The van der Waals surface area contributed by atoms with Crippen LogP contribution in [0.3, 0.4) is 0 Å². The van der Waals surface area contributed by atoms with Gasteiger partial charge in [-0.15, -0.1) is 0 Å². The van der Waals surface area contributed by atoms with Crippen LogP contribution in [0.5, 0.6) is 0 Å². The standard InChI is InChI=1S/C16H18F9O2Si/c1-10(13(17,18)14(19,20)15(21,22)16(23,24)25)12(28(26-2)27-3)9-11-7-5-4-6-8-11/h4-8,10,12H,9H2,1-3H3. The summed E-state index contributed by atoms with van der Waals surface area (Å²) in [6.07, 6.45) is -7.20. The van der Waals surface area contributed by atoms with Crippen LogP contribution in [0.2, 0.25) is 5.54 Å². The highest BCUT2D eigenvalue weighted by Gasteiger charge is 2.82. The largest absolute Gasteiger partial charge is 0.460 e. The number of hydrogen-bond donors (Lipinski definition) is 0. The van der Waals surface area contributed by atoms with E-state index in [1.165, 1.54) is 24.3 Å². The van der Waals surface area contributed by atoms with Gasteiger partial charge in [-0.1, -0.05) is 37.3 Å². The summed E-state index contributed by atoms with van der Waals surface area (Å²) in [4.78, 5) is 0. The molecule has 0 aromatic heterocycles. The molecule has 0 spiro atoms. The van der Waals surface area contributed by atoms with E-state index in [0.717, 1.165) is 14.2 Å². The highest BCUT2D eigenvalue weighted by Crippen LogP contribution is 2.57. The quantitative estimate of drug-likeness (QED) is 0.373. The molecule has 0 aliphatic heterocycles. The van der Waals surface area contributed by atoms with E-state index in [0.29, 0.717) is 12.5 Å². The van der Waals surface area contributed by atoms with Crippen molar-refractivity contribution in [2.75, 3.05) is 14.2 Å². The van der Waals surface area contributed by atoms with Crippen molar-refractivity contribution >= 4 is 9.28 Å². The molecule has 0 bridgehead atoms. The summed E-state index contributed by atoms with van der Waals surface area (Å²) >= 11 is 0. The van der Waals surface area contributed by atoms with E-state index in [9.17, 15) is 39.5 Å². The van der Waals surface area contributed by atoms with E-state index in [2.05, 4.69) is 0 Å². The van der Waals surface area contributed by atoms with E-state index in [1.54, 1.807) is 6.07 Å². The lowest BCUT2D eigenvalue weighted by Gasteiger charge is -2.39. The zero-order valence-corrected chi connectivity index (χ0v) is 16.0. The van der Waals surface area contributed by atoms with Crippen LogP contribution in [0.15, 0.2) is 30.3 Å². The fraction of sp³-hybridized carbons (Fsp3) is 0.625. The average molecular weight is 441 g/mol. The lowest BCUT2D eigenvalue weighted by molar-refractivity contribution is -0.402. The second-order valence-corrected chi connectivity index (χ2v) is 8.28. The maximum atomic E-state index is 14.4. The molecule has 0 saturated heterocycles. The van der Waals surface area contributed by atoms with Crippen LogP contribution in [0.25, 0.3) is 0 Å². The summed E-state index contributed by atoms with van der Waals surface area (Å²) in [7, 11) is -0.630. The van der Waals surface area contributed by atoms with Crippen LogP contribution < -0.4 is 0 Å². The molecular weight excluding hydrogens is 423 g/mol. The SMILES string of the molecule is CO[Si](OC)C(Cc1ccccc1)C(C)C(F)(F)C(F)(F)C(F)(F)C(F)(F)F. The van der Waals surface area contributed by atoms with Gasteiger partial charge in [0, 0.05) is 25.7 Å². The van der Waals surface area contributed by atoms with Gasteiger partial charge in [0.1, 0.15) is 0 Å². The minimum Gasteiger partial charge on any atom is -0.397 e. The van der Waals surface area contributed by atoms with Gasteiger partial charge >= 0.3 is 33.2 Å². The smallest absolute Gasteiger partial charge is 0.397 e. The molecule has 1 radical (unpaired) electrons. The zero-order chi connectivity index (χ0) is 22.0. The Balaban J connectivity index is 3.36. The molecule has 2 atom stereocenters. The van der Waals surface area contributed by atoms with Gasteiger partial charge in [-0.05, 0) is 12.0 Å². The lowest BCUT2D eigenvalue weighted by Crippen LogP contribution is -2.63. The lowest BCUT2D eigenvalue weighted by atomic mass is 9.88. The molecule has 12 heteroatoms. The molecule has 28 heavy (non-hydrogen) atoms. The Bertz CT molecular complexity index is 618. The molecule has 1 aromatic rings. The predicted molar refractivity (Wildman–Crippen MR) is 83.7 cm³/mol. The van der Waals surface area contributed by atoms with Crippen LogP contribution in [0, 0.1) is 5.92 Å². The predicted octanol–water partition coefficient (Wildman–Crippen LogP) is 5.48. The third-order valence-corrected chi connectivity index (χ3v) is 6.46. The summed E-state index contributed by atoms with van der Waals surface area (Å²) in [5, 5.41) is 0. The Morgan fingerprint density at radius 2 is 1.29 bits per heavy atom. The first kappa shape index (κ1) is 24.8. The number of rotatable bonds is 9. The van der Waals surface area contributed by atoms with Gasteiger partial charge in [-0.2, -0.15) is 39.5 Å². The molecule has 2 unspecified atom stereocenters. The summed E-state index contributed by atoms with van der Waals surface area (Å²) in [5.74, 6) is -21.9. The first-order valence-corrected chi connectivity index (χ1v) is 9.23. The van der Waals surface area contributed by atoms with Crippen molar-refractivity contribution in [1.29, 1.82) is 0 Å². The first-order valence-electron chi connectivity index (χ1n) is 7.84. The van der Waals surface area contributed by atoms with Crippen molar-refractivity contribution < 1.29 is 48.4 Å². The Morgan fingerprint density at radius 1 is 0.821 bits per heavy atom. The number of alkyl halides is 9. The van der Waals surface area contributed by atoms with Gasteiger partial charge in [0.15, 0.2) is 0 Å². The summed E-state index contributed by atoms with van der Waals surface area (Å²) in [5.41, 5.74) is -1.19. The van der Waals surface area contributed by atoms with Gasteiger partial charge in [-0.25, -0.2) is 0 Å². The highest BCUT2D eigenvalue weighted by molar-refractivity contribution is 6.46. The third-order valence-electron chi connectivity index (χ3n) is 4.35. The van der Waals surface area contributed by atoms with E-state index in [1.807, 2.05) is 0 Å². The summed E-state index contributed by atoms with van der Waals surface area (Å²) in [6.45, 7) is 0.483. The second kappa shape index (κ2) is 8.62. The van der Waals surface area contributed by atoms with E-state index in [-0.39, 0.29) is 6.42 Å². The van der Waals surface area contributed by atoms with Crippen molar-refractivity contribution in [1.82, 2.24) is 0 Å². The Hall–Kier alpha value is -1.27. The molecule has 2 nitrogen and oxygen atoms in total. The van der Waals surface area contributed by atoms with E-state index in [4.69, 9.17) is 8.85 Å². The van der Waals surface area contributed by atoms with Crippen molar-refractivity contribution in [2.24, 2.45) is 5.92 Å². The average Bonchev–Trinajstić information content (AvgIpc) is 2.60. The monoisotopic (exact) mass is 441 g/mol. The number of hydrogen-bond acceptors (Lipinski definition) is 2. The van der Waals surface area contributed by atoms with Crippen molar-refractivity contribution in [3.8, 4) is 0 Å². The molecule has 0 N–H and O–H groups in total. The molecule has 1 rings (SSSR count). The maximum Gasteiger partial charge on any atom is 0.460 e. The normalized spacial score (nSPS) is 16.3. The first-order chi connectivity index (χ1) is 12.6. The molecular formula is C16H18F9O2Si. The van der Waals surface area contributed by atoms with Gasteiger partial charge in [0.2, 0.25) is 0 Å². The molecule has 0 amide bonds. The van der Waals surface area contributed by atoms with Gasteiger partial charge in [0.25, 0.3) is 0 Å². The summed E-state index contributed by atoms with van der Waals surface area (Å²) < 4.78 is 130. The number of benzene rings is 1. The molecule has 0 aliphatic rings. The number of halogens is 9. The van der Waals surface area contributed by atoms with Gasteiger partial charge < -0.3 is 8.85 Å². The third kappa shape index (κ3) is 4.48. The van der Waals surface area contributed by atoms with Crippen LogP contribution >= 0.6 is 0 Å². The molecule has 161 valence electrons. The van der Waals surface area contributed by atoms with Gasteiger partial charge in [-0.3, -0.25) is 0 Å². The molecule has 0 aliphatic carbocycles.